The maximum absolute atomic E-state index is 5.99. The van der Waals surface area contributed by atoms with Crippen molar-refractivity contribution in [1.82, 2.24) is 0 Å². The molecule has 0 radical (unpaired) electrons. The van der Waals surface area contributed by atoms with E-state index in [1.165, 1.54) is 10.9 Å². The van der Waals surface area contributed by atoms with Gasteiger partial charge in [0.25, 0.3) is 0 Å². The van der Waals surface area contributed by atoms with Crippen LogP contribution >= 0.6 is 0 Å². The Morgan fingerprint density at radius 2 is 1.39 bits per heavy atom. The van der Waals surface area contributed by atoms with E-state index in [4.69, 9.17) is 4.74 Å². The summed E-state index contributed by atoms with van der Waals surface area (Å²) in [5.41, 5.74) is 4.63. The van der Waals surface area contributed by atoms with E-state index in [0.29, 0.717) is 0 Å². The van der Waals surface area contributed by atoms with Crippen molar-refractivity contribution in [3.63, 3.8) is 0 Å². The molecule has 0 spiro atoms. The summed E-state index contributed by atoms with van der Waals surface area (Å²) in [6, 6.07) is 24.7. The van der Waals surface area contributed by atoms with Crippen molar-refractivity contribution in [1.29, 1.82) is 0 Å². The first-order valence-electron chi connectivity index (χ1n) is 7.10. The van der Waals surface area contributed by atoms with Crippen LogP contribution in [0.15, 0.2) is 72.8 Å². The Morgan fingerprint density at radius 3 is 2.22 bits per heavy atom. The van der Waals surface area contributed by atoms with E-state index in [-0.39, 0.29) is 11.0 Å². The lowest BCUT2D eigenvalue weighted by Gasteiger charge is -2.23. The quantitative estimate of drug-likeness (QED) is 0.566. The second-order valence-corrected chi connectivity index (χ2v) is 5.18. The van der Waals surface area contributed by atoms with Gasteiger partial charge in [-0.25, -0.2) is 0 Å². The predicted molar refractivity (Wildman–Crippen MR) is 96.3 cm³/mol. The molecule has 116 valence electrons. The van der Waals surface area contributed by atoms with Crippen LogP contribution in [0.4, 0.5) is 11.4 Å². The summed E-state index contributed by atoms with van der Waals surface area (Å²) in [5.74, 6) is 1.77. The maximum Gasteiger partial charge on any atom is 0.195 e. The minimum Gasteiger partial charge on any atom is -0.453 e. The van der Waals surface area contributed by atoms with Gasteiger partial charge in [0.15, 0.2) is 13.0 Å². The van der Waals surface area contributed by atoms with Crippen LogP contribution in [0, 0.1) is 0 Å². The van der Waals surface area contributed by atoms with Crippen LogP contribution in [0.2, 0.25) is 0 Å². The van der Waals surface area contributed by atoms with E-state index in [1.54, 1.807) is 0 Å². The number of rotatable bonds is 2. The second-order valence-electron chi connectivity index (χ2n) is 5.18. The van der Waals surface area contributed by atoms with E-state index in [1.807, 2.05) is 42.5 Å². The zero-order valence-corrected chi connectivity index (χ0v) is 12.5. The Labute approximate surface area is 135 Å². The van der Waals surface area contributed by atoms with E-state index >= 15 is 0 Å². The highest BCUT2D eigenvalue weighted by Crippen LogP contribution is 2.40. The fourth-order valence-corrected chi connectivity index (χ4v) is 2.68. The Bertz CT molecular complexity index is 793. The molecule has 5 heteroatoms. The molecular formula is C18H18BNO3. The van der Waals surface area contributed by atoms with Gasteiger partial charge in [-0.05, 0) is 18.2 Å². The highest BCUT2D eigenvalue weighted by atomic mass is 16.5. The number of anilines is 2. The zero-order valence-electron chi connectivity index (χ0n) is 12.5. The van der Waals surface area contributed by atoms with Crippen LogP contribution in [0.1, 0.15) is 0 Å². The van der Waals surface area contributed by atoms with E-state index in [0.717, 1.165) is 30.2 Å². The summed E-state index contributed by atoms with van der Waals surface area (Å²) in [6.45, 7) is 0. The molecule has 0 bridgehead atoms. The molecule has 1 heterocycles. The van der Waals surface area contributed by atoms with Crippen molar-refractivity contribution < 1.29 is 15.7 Å². The van der Waals surface area contributed by atoms with Crippen LogP contribution in [0.3, 0.4) is 0 Å². The predicted octanol–water partition coefficient (Wildman–Crippen LogP) is 1.27. The molecule has 0 aromatic heterocycles. The molecule has 0 atom stereocenters. The molecular weight excluding hydrogens is 289 g/mol. The average Bonchev–Trinajstić information content (AvgIpc) is 2.54. The number of benzene rings is 3. The van der Waals surface area contributed by atoms with E-state index < -0.39 is 0 Å². The van der Waals surface area contributed by atoms with Gasteiger partial charge in [0.05, 0.1) is 11.4 Å². The third-order valence-corrected chi connectivity index (χ3v) is 3.72. The molecule has 3 aromatic carbocycles. The first kappa shape index (κ1) is 16.6. The smallest absolute Gasteiger partial charge is 0.195 e. The van der Waals surface area contributed by atoms with Gasteiger partial charge < -0.3 is 21.0 Å². The van der Waals surface area contributed by atoms with Gasteiger partial charge in [0.2, 0.25) is 0 Å². The molecule has 1 aliphatic heterocycles. The van der Waals surface area contributed by atoms with Crippen molar-refractivity contribution >= 4 is 29.6 Å². The van der Waals surface area contributed by atoms with Crippen LogP contribution in [-0.2, 0) is 0 Å². The molecule has 0 aliphatic carbocycles. The number of hydrogen-bond acceptors (Lipinski definition) is 2. The highest BCUT2D eigenvalue weighted by molar-refractivity contribution is 6.69. The molecule has 0 amide bonds. The third-order valence-electron chi connectivity index (χ3n) is 3.72. The van der Waals surface area contributed by atoms with E-state index in [9.17, 15) is 0 Å². The molecule has 1 aliphatic rings. The molecule has 5 N–H and O–H groups in total. The fraction of sp³-hybridized carbons (Fsp3) is 0. The summed E-state index contributed by atoms with van der Waals surface area (Å²) in [4.78, 5) is 0. The highest BCUT2D eigenvalue weighted by Gasteiger charge is 2.18. The molecule has 3 aromatic rings. The number of fused-ring (bicyclic) bond motifs is 2. The number of para-hydroxylation sites is 3. The molecule has 0 saturated carbocycles. The Morgan fingerprint density at radius 1 is 0.696 bits per heavy atom. The van der Waals surface area contributed by atoms with Crippen molar-refractivity contribution in [2.75, 3.05) is 5.32 Å². The fourth-order valence-electron chi connectivity index (χ4n) is 2.68. The largest absolute Gasteiger partial charge is 0.453 e. The lowest BCUT2D eigenvalue weighted by Crippen LogP contribution is -2.29. The van der Waals surface area contributed by atoms with Crippen LogP contribution < -0.4 is 21.0 Å². The van der Waals surface area contributed by atoms with Crippen LogP contribution in [0.25, 0.3) is 0 Å². The van der Waals surface area contributed by atoms with Gasteiger partial charge in [-0.2, -0.15) is 0 Å². The van der Waals surface area contributed by atoms with Crippen LogP contribution in [-0.4, -0.2) is 18.2 Å². The molecule has 0 fully saturated rings. The van der Waals surface area contributed by atoms with Gasteiger partial charge >= 0.3 is 0 Å². The van der Waals surface area contributed by atoms with Gasteiger partial charge in [-0.1, -0.05) is 65.5 Å². The van der Waals surface area contributed by atoms with Crippen molar-refractivity contribution in [2.45, 2.75) is 0 Å². The Hall–Kier alpha value is -2.76. The summed E-state index contributed by atoms with van der Waals surface area (Å²) in [5, 5.41) is 3.50. The van der Waals surface area contributed by atoms with Gasteiger partial charge in [-0.3, -0.25) is 0 Å². The number of hydrogen-bond donors (Lipinski definition) is 1. The average molecular weight is 307 g/mol. The maximum atomic E-state index is 5.99. The lowest BCUT2D eigenvalue weighted by molar-refractivity contribution is 0.481. The van der Waals surface area contributed by atoms with Crippen molar-refractivity contribution in [2.24, 2.45) is 0 Å². The minimum atomic E-state index is 0. The van der Waals surface area contributed by atoms with Gasteiger partial charge in [-0.15, -0.1) is 0 Å². The lowest BCUT2D eigenvalue weighted by atomic mass is 9.63. The number of nitrogens with one attached hydrogen (secondary N) is 1. The molecule has 4 nitrogen and oxygen atoms in total. The van der Waals surface area contributed by atoms with E-state index in [2.05, 4.69) is 35.6 Å². The SMILES string of the molecule is B(c1ccccc1)c1cccc2c1Nc1ccccc1O2.O.O. The van der Waals surface area contributed by atoms with Gasteiger partial charge in [0, 0.05) is 0 Å². The standard InChI is InChI=1S/C18H14BNO.2H2O/c1-2-7-13(8-3-1)19-14-9-6-12-17-18(14)20-15-10-4-5-11-16(15)21-17;;/h1-12,19-20H;2*1H2. The Balaban J connectivity index is 0.000000960. The third kappa shape index (κ3) is 3.21. The first-order chi connectivity index (χ1) is 10.4. The molecule has 0 saturated heterocycles. The normalized spacial score (nSPS) is 10.6. The molecule has 4 rings (SSSR count). The summed E-state index contributed by atoms with van der Waals surface area (Å²) in [7, 11) is 0.891. The zero-order chi connectivity index (χ0) is 14.1. The number of ether oxygens (including phenoxy) is 1. The summed E-state index contributed by atoms with van der Waals surface area (Å²) in [6.07, 6.45) is 0. The van der Waals surface area contributed by atoms with Crippen LogP contribution in [0.5, 0.6) is 11.5 Å². The topological polar surface area (TPSA) is 84.3 Å². The molecule has 23 heavy (non-hydrogen) atoms. The van der Waals surface area contributed by atoms with Crippen molar-refractivity contribution in [3.05, 3.63) is 72.8 Å². The summed E-state index contributed by atoms with van der Waals surface area (Å²) >= 11 is 0. The molecule has 0 unspecified atom stereocenters. The first-order valence-corrected chi connectivity index (χ1v) is 7.10. The van der Waals surface area contributed by atoms with Gasteiger partial charge in [0.1, 0.15) is 5.75 Å². The van der Waals surface area contributed by atoms with Crippen molar-refractivity contribution in [3.8, 4) is 11.5 Å². The minimum absolute atomic E-state index is 0. The monoisotopic (exact) mass is 307 g/mol. The second kappa shape index (κ2) is 7.00. The Kier molecular flexibility index (Phi) is 5.06. The summed E-state index contributed by atoms with van der Waals surface area (Å²) < 4.78 is 5.99.